The third-order valence-electron chi connectivity index (χ3n) is 6.45. The van der Waals surface area contributed by atoms with Crippen molar-refractivity contribution in [1.82, 2.24) is 0 Å². The maximum atomic E-state index is 12.3. The third kappa shape index (κ3) is 7.83. The van der Waals surface area contributed by atoms with E-state index in [1.807, 2.05) is 32.0 Å². The highest BCUT2D eigenvalue weighted by Crippen LogP contribution is 2.35. The van der Waals surface area contributed by atoms with Crippen molar-refractivity contribution in [3.8, 4) is 11.5 Å². The van der Waals surface area contributed by atoms with E-state index >= 15 is 0 Å². The fourth-order valence-corrected chi connectivity index (χ4v) is 4.30. The molecule has 8 nitrogen and oxygen atoms in total. The van der Waals surface area contributed by atoms with Crippen molar-refractivity contribution >= 4 is 5.97 Å². The highest BCUT2D eigenvalue weighted by Gasteiger charge is 2.40. The Hall–Kier alpha value is -2.44. The van der Waals surface area contributed by atoms with E-state index in [1.165, 1.54) is 0 Å². The lowest BCUT2D eigenvalue weighted by atomic mass is 9.82. The number of carbonyl (C=O) groups is 1. The molecule has 0 unspecified atom stereocenters. The maximum Gasteiger partial charge on any atom is 0.309 e. The number of azide groups is 1. The Bertz CT molecular complexity index is 807. The number of nitrogens with zero attached hydrogens (tertiary/aromatic N) is 3. The Balaban J connectivity index is 2.14. The molecule has 33 heavy (non-hydrogen) atoms. The molecule has 1 aromatic rings. The molecule has 0 aromatic heterocycles. The van der Waals surface area contributed by atoms with Crippen LogP contribution in [0.3, 0.4) is 0 Å². The van der Waals surface area contributed by atoms with Crippen molar-refractivity contribution < 1.29 is 23.7 Å². The molecule has 1 aliphatic heterocycles. The standard InChI is InChI=1S/C25H39N3O5/c1-16(2)19(14-21(27-28-26)23-15-20(17(3)4)25(29)33-23)12-18-8-9-22(31-6)24(13-18)32-11-7-10-30-5/h8-9,13,16-17,19-21,23H,7,10-12,14-15H2,1-6H3/t19-,20-,21+,23+/m0/s1. The van der Waals surface area contributed by atoms with Gasteiger partial charge in [0.2, 0.25) is 0 Å². The van der Waals surface area contributed by atoms with Gasteiger partial charge >= 0.3 is 5.97 Å². The molecule has 0 aliphatic carbocycles. The Morgan fingerprint density at radius 2 is 1.94 bits per heavy atom. The zero-order chi connectivity index (χ0) is 24.4. The van der Waals surface area contributed by atoms with Crippen molar-refractivity contribution in [3.63, 3.8) is 0 Å². The molecular formula is C25H39N3O5. The zero-order valence-electron chi connectivity index (χ0n) is 20.8. The van der Waals surface area contributed by atoms with Crippen LogP contribution < -0.4 is 9.47 Å². The van der Waals surface area contributed by atoms with Crippen LogP contribution in [0.2, 0.25) is 0 Å². The van der Waals surface area contributed by atoms with E-state index < -0.39 is 0 Å². The molecule has 0 radical (unpaired) electrons. The van der Waals surface area contributed by atoms with Gasteiger partial charge in [-0.05, 0) is 60.2 Å². The van der Waals surface area contributed by atoms with Gasteiger partial charge in [0.15, 0.2) is 11.5 Å². The van der Waals surface area contributed by atoms with Crippen molar-refractivity contribution in [3.05, 3.63) is 34.2 Å². The number of methoxy groups -OCH3 is 2. The van der Waals surface area contributed by atoms with Gasteiger partial charge in [-0.25, -0.2) is 0 Å². The number of rotatable bonds is 14. The van der Waals surface area contributed by atoms with E-state index in [1.54, 1.807) is 14.2 Å². The quantitative estimate of drug-likeness (QED) is 0.118. The second kappa shape index (κ2) is 13.3. The summed E-state index contributed by atoms with van der Waals surface area (Å²) in [5, 5.41) is 4.05. The van der Waals surface area contributed by atoms with Crippen molar-refractivity contribution in [1.29, 1.82) is 0 Å². The van der Waals surface area contributed by atoms with Crippen LogP contribution in [-0.2, 0) is 20.7 Å². The smallest absolute Gasteiger partial charge is 0.309 e. The molecule has 1 aromatic carbocycles. The second-order valence-electron chi connectivity index (χ2n) is 9.46. The van der Waals surface area contributed by atoms with E-state index in [0.717, 1.165) is 18.4 Å². The number of benzene rings is 1. The van der Waals surface area contributed by atoms with Gasteiger partial charge in [-0.3, -0.25) is 4.79 Å². The molecule has 2 rings (SSSR count). The minimum atomic E-state index is -0.377. The molecule has 1 saturated heterocycles. The molecule has 0 amide bonds. The molecule has 1 heterocycles. The molecule has 0 spiro atoms. The minimum Gasteiger partial charge on any atom is -0.493 e. The van der Waals surface area contributed by atoms with Gasteiger partial charge in [-0.2, -0.15) is 0 Å². The first-order valence-corrected chi connectivity index (χ1v) is 11.8. The van der Waals surface area contributed by atoms with Crippen molar-refractivity contribution in [2.45, 2.75) is 65.5 Å². The highest BCUT2D eigenvalue weighted by atomic mass is 16.6. The highest BCUT2D eigenvalue weighted by molar-refractivity contribution is 5.75. The summed E-state index contributed by atoms with van der Waals surface area (Å²) in [6.07, 6.45) is 2.48. The molecular weight excluding hydrogens is 422 g/mol. The number of hydrogen-bond donors (Lipinski definition) is 0. The van der Waals surface area contributed by atoms with Gasteiger partial charge in [-0.1, -0.05) is 38.9 Å². The zero-order valence-corrected chi connectivity index (χ0v) is 20.8. The van der Waals surface area contributed by atoms with Crippen molar-refractivity contribution in [2.75, 3.05) is 27.4 Å². The molecule has 0 saturated carbocycles. The number of carbonyl (C=O) groups excluding carboxylic acids is 1. The first-order chi connectivity index (χ1) is 15.8. The van der Waals surface area contributed by atoms with Gasteiger partial charge in [0.1, 0.15) is 6.10 Å². The summed E-state index contributed by atoms with van der Waals surface area (Å²) in [5.41, 5.74) is 10.3. The third-order valence-corrected chi connectivity index (χ3v) is 6.45. The molecule has 4 atom stereocenters. The van der Waals surface area contributed by atoms with Gasteiger partial charge in [0.25, 0.3) is 0 Å². The van der Waals surface area contributed by atoms with Crippen LogP contribution in [-0.4, -0.2) is 45.5 Å². The average Bonchev–Trinajstić information content (AvgIpc) is 3.17. The van der Waals surface area contributed by atoms with Crippen LogP contribution >= 0.6 is 0 Å². The van der Waals surface area contributed by atoms with Crippen LogP contribution in [0.1, 0.15) is 52.5 Å². The number of esters is 1. The minimum absolute atomic E-state index is 0.136. The molecule has 8 heteroatoms. The summed E-state index contributed by atoms with van der Waals surface area (Å²) < 4.78 is 22.1. The Morgan fingerprint density at radius 1 is 1.18 bits per heavy atom. The molecule has 1 aliphatic rings. The van der Waals surface area contributed by atoms with Crippen LogP contribution in [0.25, 0.3) is 10.4 Å². The van der Waals surface area contributed by atoms with Crippen molar-refractivity contribution in [2.24, 2.45) is 28.8 Å². The topological polar surface area (TPSA) is 103 Å². The van der Waals surface area contributed by atoms with Gasteiger partial charge in [-0.15, -0.1) is 0 Å². The summed E-state index contributed by atoms with van der Waals surface area (Å²) in [6, 6.07) is 5.62. The summed E-state index contributed by atoms with van der Waals surface area (Å²) in [7, 11) is 3.30. The predicted molar refractivity (Wildman–Crippen MR) is 127 cm³/mol. The molecule has 184 valence electrons. The van der Waals surface area contributed by atoms with Crippen LogP contribution in [0, 0.1) is 23.7 Å². The van der Waals surface area contributed by atoms with E-state index in [-0.39, 0.29) is 35.9 Å². The van der Waals surface area contributed by atoms with Crippen LogP contribution in [0.15, 0.2) is 23.3 Å². The summed E-state index contributed by atoms with van der Waals surface area (Å²) in [4.78, 5) is 15.3. The largest absolute Gasteiger partial charge is 0.493 e. The first kappa shape index (κ1) is 26.8. The van der Waals surface area contributed by atoms with E-state index in [2.05, 4.69) is 23.9 Å². The summed E-state index contributed by atoms with van der Waals surface area (Å²) in [6.45, 7) is 9.56. The fourth-order valence-electron chi connectivity index (χ4n) is 4.30. The average molecular weight is 462 g/mol. The lowest BCUT2D eigenvalue weighted by Gasteiger charge is -2.27. The summed E-state index contributed by atoms with van der Waals surface area (Å²) >= 11 is 0. The maximum absolute atomic E-state index is 12.3. The van der Waals surface area contributed by atoms with Crippen LogP contribution in [0.5, 0.6) is 11.5 Å². The number of ether oxygens (including phenoxy) is 4. The fraction of sp³-hybridized carbons (Fsp3) is 0.720. The SMILES string of the molecule is COCCCOc1cc(C[C@@H](C[C@@H](N=[N+]=[N-])[C@H]2C[C@@H](C(C)C)C(=O)O2)C(C)C)ccc1OC. The Kier molecular flexibility index (Phi) is 10.8. The van der Waals surface area contributed by atoms with Gasteiger partial charge in [0, 0.05) is 25.0 Å². The predicted octanol–water partition coefficient (Wildman–Crippen LogP) is 5.58. The molecule has 0 N–H and O–H groups in total. The molecule has 0 bridgehead atoms. The lowest BCUT2D eigenvalue weighted by molar-refractivity contribution is -0.145. The monoisotopic (exact) mass is 461 g/mol. The van der Waals surface area contributed by atoms with Crippen LogP contribution in [0.4, 0.5) is 0 Å². The number of hydrogen-bond acceptors (Lipinski definition) is 6. The van der Waals surface area contributed by atoms with E-state index in [4.69, 9.17) is 18.9 Å². The normalized spacial score (nSPS) is 19.8. The Morgan fingerprint density at radius 3 is 2.52 bits per heavy atom. The Labute approximate surface area is 197 Å². The second-order valence-corrected chi connectivity index (χ2v) is 9.46. The lowest BCUT2D eigenvalue weighted by Crippen LogP contribution is -2.29. The van der Waals surface area contributed by atoms with Gasteiger partial charge in [0.05, 0.1) is 25.7 Å². The molecule has 1 fully saturated rings. The van der Waals surface area contributed by atoms with E-state index in [0.29, 0.717) is 43.5 Å². The van der Waals surface area contributed by atoms with Gasteiger partial charge < -0.3 is 18.9 Å². The number of cyclic esters (lactones) is 1. The van der Waals surface area contributed by atoms with E-state index in [9.17, 15) is 10.3 Å². The summed E-state index contributed by atoms with van der Waals surface area (Å²) in [5.74, 6) is 1.89. The first-order valence-electron chi connectivity index (χ1n) is 11.8.